The van der Waals surface area contributed by atoms with Crippen LogP contribution in [0.25, 0.3) is 0 Å². The second-order valence-electron chi connectivity index (χ2n) is 4.23. The summed E-state index contributed by atoms with van der Waals surface area (Å²) in [5, 5.41) is 0.0757. The Morgan fingerprint density at radius 2 is 2.29 bits per heavy atom. The van der Waals surface area contributed by atoms with Gasteiger partial charge < -0.3 is 0 Å². The second-order valence-corrected chi connectivity index (χ2v) is 6.46. The van der Waals surface area contributed by atoms with Gasteiger partial charge in [0.1, 0.15) is 11.6 Å². The zero-order valence-corrected chi connectivity index (χ0v) is 11.8. The van der Waals surface area contributed by atoms with Crippen molar-refractivity contribution < 1.29 is 9.18 Å². The molecule has 0 saturated carbocycles. The first kappa shape index (κ1) is 13.1. The van der Waals surface area contributed by atoms with Gasteiger partial charge in [-0.3, -0.25) is 4.79 Å². The maximum atomic E-state index is 13.6. The Bertz CT molecular complexity index is 416. The van der Waals surface area contributed by atoms with E-state index in [1.165, 1.54) is 12.5 Å². The van der Waals surface area contributed by atoms with Gasteiger partial charge in [0.05, 0.1) is 5.25 Å². The average Bonchev–Trinajstić information content (AvgIpc) is 2.34. The SMILES string of the molecule is O=C(Cc1ccc(Br)cc1F)C1CCCCS1. The van der Waals surface area contributed by atoms with Gasteiger partial charge in [0.15, 0.2) is 0 Å². The van der Waals surface area contributed by atoms with Gasteiger partial charge in [-0.2, -0.15) is 11.8 Å². The predicted molar refractivity (Wildman–Crippen MR) is 72.9 cm³/mol. The molecule has 0 spiro atoms. The number of carbonyl (C=O) groups is 1. The summed E-state index contributed by atoms with van der Waals surface area (Å²) in [5.41, 5.74) is 0.504. The number of Topliss-reactive ketones (excluding diaryl/α,β-unsaturated/α-hetero) is 1. The van der Waals surface area contributed by atoms with E-state index in [0.29, 0.717) is 10.0 Å². The molecule has 1 atom stereocenters. The van der Waals surface area contributed by atoms with Gasteiger partial charge in [0.2, 0.25) is 0 Å². The van der Waals surface area contributed by atoms with E-state index in [9.17, 15) is 9.18 Å². The van der Waals surface area contributed by atoms with Crippen LogP contribution in [-0.4, -0.2) is 16.8 Å². The van der Waals surface area contributed by atoms with E-state index in [4.69, 9.17) is 0 Å². The van der Waals surface area contributed by atoms with Crippen LogP contribution in [0.2, 0.25) is 0 Å². The van der Waals surface area contributed by atoms with E-state index in [0.717, 1.165) is 18.6 Å². The van der Waals surface area contributed by atoms with E-state index in [2.05, 4.69) is 15.9 Å². The minimum Gasteiger partial charge on any atom is -0.298 e. The molecular weight excluding hydrogens is 303 g/mol. The number of carbonyl (C=O) groups excluding carboxylic acids is 1. The molecule has 1 heterocycles. The van der Waals surface area contributed by atoms with Crippen molar-refractivity contribution in [3.63, 3.8) is 0 Å². The molecule has 0 amide bonds. The van der Waals surface area contributed by atoms with Gasteiger partial charge >= 0.3 is 0 Å². The number of hydrogen-bond donors (Lipinski definition) is 0. The molecule has 1 nitrogen and oxygen atoms in total. The molecule has 0 radical (unpaired) electrons. The number of hydrogen-bond acceptors (Lipinski definition) is 2. The van der Waals surface area contributed by atoms with Crippen molar-refractivity contribution in [2.24, 2.45) is 0 Å². The van der Waals surface area contributed by atoms with Crippen LogP contribution in [0.3, 0.4) is 0 Å². The van der Waals surface area contributed by atoms with Gasteiger partial charge in [-0.1, -0.05) is 28.4 Å². The summed E-state index contributed by atoms with van der Waals surface area (Å²) in [6.45, 7) is 0. The number of halogens is 2. The Labute approximate surface area is 113 Å². The van der Waals surface area contributed by atoms with Crippen molar-refractivity contribution in [2.45, 2.75) is 30.9 Å². The van der Waals surface area contributed by atoms with Crippen molar-refractivity contribution in [1.29, 1.82) is 0 Å². The molecule has 1 aliphatic rings. The third-order valence-corrected chi connectivity index (χ3v) is 4.84. The highest BCUT2D eigenvalue weighted by Gasteiger charge is 2.22. The fraction of sp³-hybridized carbons (Fsp3) is 0.462. The van der Waals surface area contributed by atoms with E-state index >= 15 is 0 Å². The van der Waals surface area contributed by atoms with Crippen LogP contribution in [0.4, 0.5) is 4.39 Å². The topological polar surface area (TPSA) is 17.1 Å². The van der Waals surface area contributed by atoms with Crippen LogP contribution < -0.4 is 0 Å². The predicted octanol–water partition coefficient (Wildman–Crippen LogP) is 3.99. The fourth-order valence-electron chi connectivity index (χ4n) is 1.96. The fourth-order valence-corrected chi connectivity index (χ4v) is 3.55. The highest BCUT2D eigenvalue weighted by Crippen LogP contribution is 2.27. The van der Waals surface area contributed by atoms with Gasteiger partial charge in [-0.25, -0.2) is 4.39 Å². The zero-order valence-electron chi connectivity index (χ0n) is 9.42. The van der Waals surface area contributed by atoms with Crippen LogP contribution in [0, 0.1) is 5.82 Å². The summed E-state index contributed by atoms with van der Waals surface area (Å²) < 4.78 is 14.3. The molecule has 1 aromatic carbocycles. The Balaban J connectivity index is 2.02. The molecule has 1 aliphatic heterocycles. The Morgan fingerprint density at radius 1 is 1.47 bits per heavy atom. The molecule has 0 aliphatic carbocycles. The number of ketones is 1. The van der Waals surface area contributed by atoms with Gasteiger partial charge in [0, 0.05) is 10.9 Å². The lowest BCUT2D eigenvalue weighted by molar-refractivity contribution is -0.118. The molecule has 0 bridgehead atoms. The minimum absolute atomic E-state index is 0.0757. The zero-order chi connectivity index (χ0) is 12.3. The summed E-state index contributed by atoms with van der Waals surface area (Å²) >= 11 is 4.93. The molecule has 4 heteroatoms. The maximum Gasteiger partial charge on any atom is 0.150 e. The number of benzene rings is 1. The maximum absolute atomic E-state index is 13.6. The first-order valence-electron chi connectivity index (χ1n) is 5.75. The molecule has 1 saturated heterocycles. The van der Waals surface area contributed by atoms with E-state index < -0.39 is 0 Å². The third-order valence-electron chi connectivity index (χ3n) is 2.92. The summed E-state index contributed by atoms with van der Waals surface area (Å²) in [5.74, 6) is 0.920. The second kappa shape index (κ2) is 6.01. The molecule has 1 unspecified atom stereocenters. The summed E-state index contributed by atoms with van der Waals surface area (Å²) in [4.78, 5) is 12.0. The Hall–Kier alpha value is -0.350. The largest absolute Gasteiger partial charge is 0.298 e. The first-order valence-corrected chi connectivity index (χ1v) is 7.59. The van der Waals surface area contributed by atoms with Gasteiger partial charge in [0.25, 0.3) is 0 Å². The van der Waals surface area contributed by atoms with Crippen molar-refractivity contribution in [3.05, 3.63) is 34.1 Å². The standard InChI is InChI=1S/C13H14BrFOS/c14-10-5-4-9(11(15)8-10)7-12(16)13-3-1-2-6-17-13/h4-5,8,13H,1-3,6-7H2. The highest BCUT2D eigenvalue weighted by atomic mass is 79.9. The third kappa shape index (κ3) is 3.55. The summed E-state index contributed by atoms with van der Waals surface area (Å²) in [6, 6.07) is 4.88. The Kier molecular flexibility index (Phi) is 4.62. The van der Waals surface area contributed by atoms with Gasteiger partial charge in [-0.05, 0) is 36.3 Å². The van der Waals surface area contributed by atoms with Crippen LogP contribution in [-0.2, 0) is 11.2 Å². The van der Waals surface area contributed by atoms with E-state index in [-0.39, 0.29) is 23.3 Å². The van der Waals surface area contributed by atoms with Crippen molar-refractivity contribution in [3.8, 4) is 0 Å². The van der Waals surface area contributed by atoms with E-state index in [1.54, 1.807) is 23.9 Å². The summed E-state index contributed by atoms with van der Waals surface area (Å²) in [7, 11) is 0. The van der Waals surface area contributed by atoms with Gasteiger partial charge in [-0.15, -0.1) is 0 Å². The van der Waals surface area contributed by atoms with E-state index in [1.807, 2.05) is 0 Å². The molecule has 17 heavy (non-hydrogen) atoms. The highest BCUT2D eigenvalue weighted by molar-refractivity contribution is 9.10. The van der Waals surface area contributed by atoms with Crippen LogP contribution in [0.1, 0.15) is 24.8 Å². The lowest BCUT2D eigenvalue weighted by Gasteiger charge is -2.20. The number of rotatable bonds is 3. The summed E-state index contributed by atoms with van der Waals surface area (Å²) in [6.07, 6.45) is 3.48. The van der Waals surface area contributed by atoms with Crippen LogP contribution >= 0.6 is 27.7 Å². The van der Waals surface area contributed by atoms with Crippen LogP contribution in [0.15, 0.2) is 22.7 Å². The monoisotopic (exact) mass is 316 g/mol. The average molecular weight is 317 g/mol. The quantitative estimate of drug-likeness (QED) is 0.839. The molecule has 1 fully saturated rings. The molecule has 1 aromatic rings. The van der Waals surface area contributed by atoms with Crippen LogP contribution in [0.5, 0.6) is 0 Å². The lowest BCUT2D eigenvalue weighted by Crippen LogP contribution is -2.23. The minimum atomic E-state index is -0.298. The molecular formula is C13H14BrFOS. The lowest BCUT2D eigenvalue weighted by atomic mass is 10.0. The molecule has 0 aromatic heterocycles. The smallest absolute Gasteiger partial charge is 0.150 e. The molecule has 2 rings (SSSR count). The van der Waals surface area contributed by atoms with Crippen molar-refractivity contribution in [2.75, 3.05) is 5.75 Å². The molecule has 0 N–H and O–H groups in total. The Morgan fingerprint density at radius 3 is 2.94 bits per heavy atom. The normalized spacial score (nSPS) is 20.2. The molecule has 92 valence electrons. The number of thioether (sulfide) groups is 1. The van der Waals surface area contributed by atoms with Crippen molar-refractivity contribution >= 4 is 33.5 Å². The first-order chi connectivity index (χ1) is 8.16. The van der Waals surface area contributed by atoms with Crippen molar-refractivity contribution in [1.82, 2.24) is 0 Å².